The van der Waals surface area contributed by atoms with Crippen molar-refractivity contribution in [2.24, 2.45) is 5.16 Å². The predicted molar refractivity (Wildman–Crippen MR) is 96.0 cm³/mol. The fraction of sp³-hybridized carbons (Fsp3) is 0.588. The van der Waals surface area contributed by atoms with Gasteiger partial charge in [-0.25, -0.2) is 0 Å². The van der Waals surface area contributed by atoms with Crippen LogP contribution in [0.4, 0.5) is 0 Å². The number of hydrogen-bond donors (Lipinski definition) is 1. The molecule has 6 nitrogen and oxygen atoms in total. The molecule has 1 N–H and O–H groups in total. The van der Waals surface area contributed by atoms with Crippen LogP contribution in [-0.4, -0.2) is 46.2 Å². The molecule has 1 rings (SSSR count). The molecule has 0 spiro atoms. The molecule has 0 atom stereocenters. The minimum absolute atomic E-state index is 0.564. The van der Waals surface area contributed by atoms with E-state index in [0.29, 0.717) is 32.1 Å². The molecule has 7 heteroatoms. The monoisotopic (exact) mass is 355 g/mol. The van der Waals surface area contributed by atoms with Gasteiger partial charge in [0.05, 0.1) is 12.3 Å². The van der Waals surface area contributed by atoms with E-state index >= 15 is 0 Å². The Morgan fingerprint density at radius 1 is 1.00 bits per heavy atom. The SMILES string of the molecule is CCO[Si](CCCOc1ccc(/C(C)=N/O)cc1)(OCC)OCC. The van der Waals surface area contributed by atoms with Gasteiger partial charge in [-0.05, 0) is 63.9 Å². The third-order valence-electron chi connectivity index (χ3n) is 3.41. The van der Waals surface area contributed by atoms with Gasteiger partial charge in [-0.1, -0.05) is 5.16 Å². The third-order valence-corrected chi connectivity index (χ3v) is 6.56. The Kier molecular flexibility index (Phi) is 9.62. The summed E-state index contributed by atoms with van der Waals surface area (Å²) in [6.45, 7) is 9.92. The highest BCUT2D eigenvalue weighted by Gasteiger charge is 2.39. The summed E-state index contributed by atoms with van der Waals surface area (Å²) in [7, 11) is -2.59. The Labute approximate surface area is 145 Å². The largest absolute Gasteiger partial charge is 0.501 e. The molecule has 0 aliphatic heterocycles. The molecule has 1 aromatic rings. The van der Waals surface area contributed by atoms with Crippen LogP contribution in [0.3, 0.4) is 0 Å². The van der Waals surface area contributed by atoms with E-state index in [4.69, 9.17) is 23.2 Å². The van der Waals surface area contributed by atoms with E-state index in [1.165, 1.54) is 0 Å². The third kappa shape index (κ3) is 6.60. The number of rotatable bonds is 12. The Morgan fingerprint density at radius 2 is 1.54 bits per heavy atom. The second-order valence-electron chi connectivity index (χ2n) is 5.14. The Balaban J connectivity index is 2.50. The Bertz CT molecular complexity index is 475. The van der Waals surface area contributed by atoms with Gasteiger partial charge in [0.2, 0.25) is 0 Å². The molecule has 0 aromatic heterocycles. The van der Waals surface area contributed by atoms with Crippen LogP contribution in [0.5, 0.6) is 5.75 Å². The molecule has 0 unspecified atom stereocenters. The smallest absolute Gasteiger partial charge is 0.494 e. The number of hydrogen-bond acceptors (Lipinski definition) is 6. The normalized spacial score (nSPS) is 12.4. The van der Waals surface area contributed by atoms with Gasteiger partial charge in [-0.2, -0.15) is 0 Å². The van der Waals surface area contributed by atoms with Crippen LogP contribution in [0.2, 0.25) is 6.04 Å². The average Bonchev–Trinajstić information content (AvgIpc) is 2.59. The summed E-state index contributed by atoms with van der Waals surface area (Å²) in [5.41, 5.74) is 1.43. The molecule has 24 heavy (non-hydrogen) atoms. The molecule has 1 aromatic carbocycles. The van der Waals surface area contributed by atoms with Crippen molar-refractivity contribution in [3.8, 4) is 5.75 Å². The molecule has 0 bridgehead atoms. The lowest BCUT2D eigenvalue weighted by Gasteiger charge is -2.28. The summed E-state index contributed by atoms with van der Waals surface area (Å²) in [5.74, 6) is 0.779. The zero-order valence-corrected chi connectivity index (χ0v) is 16.1. The molecule has 0 saturated heterocycles. The highest BCUT2D eigenvalue weighted by Crippen LogP contribution is 2.19. The van der Waals surface area contributed by atoms with Gasteiger partial charge in [-0.15, -0.1) is 0 Å². The van der Waals surface area contributed by atoms with Crippen molar-refractivity contribution in [2.45, 2.75) is 40.2 Å². The molecular formula is C17H29NO5Si. The zero-order valence-electron chi connectivity index (χ0n) is 15.1. The van der Waals surface area contributed by atoms with Crippen molar-refractivity contribution in [2.75, 3.05) is 26.4 Å². The summed E-state index contributed by atoms with van der Waals surface area (Å²) in [4.78, 5) is 0. The molecular weight excluding hydrogens is 326 g/mol. The van der Waals surface area contributed by atoms with E-state index in [1.54, 1.807) is 6.92 Å². The molecule has 0 aliphatic carbocycles. The lowest BCUT2D eigenvalue weighted by atomic mass is 10.1. The molecule has 136 valence electrons. The summed E-state index contributed by atoms with van der Waals surface area (Å²) >= 11 is 0. The van der Waals surface area contributed by atoms with Crippen molar-refractivity contribution in [3.63, 3.8) is 0 Å². The van der Waals surface area contributed by atoms with E-state index in [9.17, 15) is 0 Å². The van der Waals surface area contributed by atoms with Gasteiger partial charge in [0, 0.05) is 25.9 Å². The topological polar surface area (TPSA) is 69.5 Å². The summed E-state index contributed by atoms with van der Waals surface area (Å²) in [6, 6.07) is 8.19. The van der Waals surface area contributed by atoms with Crippen LogP contribution in [0, 0.1) is 0 Å². The molecule has 0 amide bonds. The highest BCUT2D eigenvalue weighted by molar-refractivity contribution is 6.60. The Hall–Kier alpha value is -1.41. The quantitative estimate of drug-likeness (QED) is 0.203. The predicted octanol–water partition coefficient (Wildman–Crippen LogP) is 3.70. The van der Waals surface area contributed by atoms with Gasteiger partial charge in [0.25, 0.3) is 0 Å². The summed E-state index contributed by atoms with van der Waals surface area (Å²) in [6.07, 6.45) is 0.797. The molecule has 0 fully saturated rings. The number of benzene rings is 1. The summed E-state index contributed by atoms with van der Waals surface area (Å²) in [5, 5.41) is 11.9. The van der Waals surface area contributed by atoms with Crippen LogP contribution in [0.25, 0.3) is 0 Å². The first-order valence-electron chi connectivity index (χ1n) is 8.44. The maximum absolute atomic E-state index is 8.76. The number of oxime groups is 1. The number of ether oxygens (including phenoxy) is 1. The first kappa shape index (κ1) is 20.6. The second kappa shape index (κ2) is 11.2. The Morgan fingerprint density at radius 3 is 2.00 bits per heavy atom. The van der Waals surface area contributed by atoms with Crippen LogP contribution >= 0.6 is 0 Å². The van der Waals surface area contributed by atoms with Crippen LogP contribution in [0.15, 0.2) is 29.4 Å². The lowest BCUT2D eigenvalue weighted by molar-refractivity contribution is 0.0696. The first-order chi connectivity index (χ1) is 11.6. The average molecular weight is 356 g/mol. The molecule has 0 aliphatic rings. The van der Waals surface area contributed by atoms with Crippen molar-refractivity contribution >= 4 is 14.5 Å². The maximum Gasteiger partial charge on any atom is 0.501 e. The van der Waals surface area contributed by atoms with E-state index < -0.39 is 8.80 Å². The van der Waals surface area contributed by atoms with E-state index in [0.717, 1.165) is 23.8 Å². The second-order valence-corrected chi connectivity index (χ2v) is 7.88. The van der Waals surface area contributed by atoms with Crippen LogP contribution < -0.4 is 4.74 Å². The standard InChI is InChI=1S/C17H29NO5Si/c1-5-21-24(22-6-2,23-7-3)14-8-13-20-17-11-9-16(10-12-17)15(4)18-19/h9-12,19H,5-8,13-14H2,1-4H3/b18-15+. The first-order valence-corrected chi connectivity index (χ1v) is 10.4. The number of nitrogens with zero attached hydrogens (tertiary/aromatic N) is 1. The minimum Gasteiger partial charge on any atom is -0.494 e. The van der Waals surface area contributed by atoms with Crippen molar-refractivity contribution in [1.82, 2.24) is 0 Å². The molecule has 0 radical (unpaired) electrons. The maximum atomic E-state index is 8.76. The lowest BCUT2D eigenvalue weighted by Crippen LogP contribution is -2.46. The van der Waals surface area contributed by atoms with Crippen molar-refractivity contribution in [1.29, 1.82) is 0 Å². The van der Waals surface area contributed by atoms with Gasteiger partial charge in [0.1, 0.15) is 5.75 Å². The van der Waals surface area contributed by atoms with Crippen LogP contribution in [0.1, 0.15) is 39.7 Å². The zero-order chi connectivity index (χ0) is 17.8. The summed E-state index contributed by atoms with van der Waals surface area (Å²) < 4.78 is 23.2. The van der Waals surface area contributed by atoms with Gasteiger partial charge < -0.3 is 23.2 Å². The van der Waals surface area contributed by atoms with Crippen LogP contribution in [-0.2, 0) is 13.3 Å². The van der Waals surface area contributed by atoms with E-state index in [-0.39, 0.29) is 0 Å². The molecule has 0 saturated carbocycles. The van der Waals surface area contributed by atoms with Gasteiger partial charge >= 0.3 is 8.80 Å². The molecule has 0 heterocycles. The van der Waals surface area contributed by atoms with Crippen molar-refractivity contribution in [3.05, 3.63) is 29.8 Å². The van der Waals surface area contributed by atoms with Gasteiger partial charge in [-0.3, -0.25) is 0 Å². The van der Waals surface area contributed by atoms with E-state index in [1.807, 2.05) is 45.0 Å². The fourth-order valence-electron chi connectivity index (χ4n) is 2.33. The highest BCUT2D eigenvalue weighted by atomic mass is 28.4. The van der Waals surface area contributed by atoms with E-state index in [2.05, 4.69) is 5.16 Å². The van der Waals surface area contributed by atoms with Gasteiger partial charge in [0.15, 0.2) is 0 Å². The van der Waals surface area contributed by atoms with Crippen molar-refractivity contribution < 1.29 is 23.2 Å². The fourth-order valence-corrected chi connectivity index (χ4v) is 4.91. The minimum atomic E-state index is -2.59.